The van der Waals surface area contributed by atoms with Gasteiger partial charge in [-0.3, -0.25) is 0 Å². The van der Waals surface area contributed by atoms with Crippen LogP contribution in [0.1, 0.15) is 55.8 Å². The van der Waals surface area contributed by atoms with Crippen molar-refractivity contribution >= 4 is 23.3 Å². The smallest absolute Gasteiger partial charge is 0.331 e. The molecular formula is C20H22ClF3N2O. The number of urea groups is 1. The van der Waals surface area contributed by atoms with Crippen molar-refractivity contribution in [2.24, 2.45) is 0 Å². The van der Waals surface area contributed by atoms with Crippen LogP contribution in [0.3, 0.4) is 0 Å². The Hall–Kier alpha value is -2.21. The summed E-state index contributed by atoms with van der Waals surface area (Å²) < 4.78 is 38.5. The quantitative estimate of drug-likeness (QED) is 0.574. The third-order valence-electron chi connectivity index (χ3n) is 4.26. The van der Waals surface area contributed by atoms with E-state index in [4.69, 9.17) is 11.6 Å². The van der Waals surface area contributed by atoms with Gasteiger partial charge >= 0.3 is 12.2 Å². The maximum absolute atomic E-state index is 12.8. The Kier molecular flexibility index (Phi) is 6.76. The molecule has 2 amide bonds. The van der Waals surface area contributed by atoms with Crippen LogP contribution in [0, 0.1) is 0 Å². The molecule has 0 aliphatic rings. The minimum Gasteiger partial charge on any atom is -0.331 e. The second-order valence-corrected chi connectivity index (χ2v) is 6.98. The zero-order valence-electron chi connectivity index (χ0n) is 15.3. The van der Waals surface area contributed by atoms with E-state index in [1.807, 2.05) is 31.2 Å². The van der Waals surface area contributed by atoms with E-state index in [0.717, 1.165) is 23.8 Å². The Morgan fingerprint density at radius 1 is 1.07 bits per heavy atom. The largest absolute Gasteiger partial charge is 0.416 e. The van der Waals surface area contributed by atoms with E-state index >= 15 is 0 Å². The normalized spacial score (nSPS) is 12.7. The standard InChI is InChI=1S/C20H22ClF3N2O/c1-4-17(14-7-5-13(6-8-14)12(2)3)25-19(27)26-18-11-15(20(22,23)24)9-10-16(18)21/h5-12,17H,4H2,1-3H3,(H2,25,26,27)/t17-/m1/s1. The minimum atomic E-state index is -4.51. The van der Waals surface area contributed by atoms with Crippen molar-refractivity contribution in [1.82, 2.24) is 5.32 Å². The number of hydrogen-bond donors (Lipinski definition) is 2. The van der Waals surface area contributed by atoms with Crippen molar-refractivity contribution in [2.45, 2.75) is 45.3 Å². The van der Waals surface area contributed by atoms with Crippen molar-refractivity contribution in [3.8, 4) is 0 Å². The van der Waals surface area contributed by atoms with Crippen LogP contribution in [-0.2, 0) is 6.18 Å². The molecule has 0 heterocycles. The lowest BCUT2D eigenvalue weighted by Crippen LogP contribution is -2.32. The maximum atomic E-state index is 12.8. The molecule has 0 aromatic heterocycles. The van der Waals surface area contributed by atoms with Gasteiger partial charge in [-0.15, -0.1) is 0 Å². The molecule has 2 aromatic rings. The molecule has 2 N–H and O–H groups in total. The highest BCUT2D eigenvalue weighted by atomic mass is 35.5. The average molecular weight is 399 g/mol. The number of amides is 2. The van der Waals surface area contributed by atoms with Gasteiger partial charge in [0.25, 0.3) is 0 Å². The van der Waals surface area contributed by atoms with Crippen molar-refractivity contribution in [1.29, 1.82) is 0 Å². The van der Waals surface area contributed by atoms with Crippen LogP contribution in [0.15, 0.2) is 42.5 Å². The third-order valence-corrected chi connectivity index (χ3v) is 4.59. The van der Waals surface area contributed by atoms with E-state index in [1.54, 1.807) is 0 Å². The van der Waals surface area contributed by atoms with E-state index in [9.17, 15) is 18.0 Å². The van der Waals surface area contributed by atoms with Gasteiger partial charge < -0.3 is 10.6 Å². The van der Waals surface area contributed by atoms with Gasteiger partial charge in [-0.1, -0.05) is 56.6 Å². The summed E-state index contributed by atoms with van der Waals surface area (Å²) in [4.78, 5) is 12.3. The summed E-state index contributed by atoms with van der Waals surface area (Å²) in [6, 6.07) is 9.82. The minimum absolute atomic E-state index is 0.0347. The second-order valence-electron chi connectivity index (χ2n) is 6.57. The van der Waals surface area contributed by atoms with E-state index in [0.29, 0.717) is 12.3 Å². The summed E-state index contributed by atoms with van der Waals surface area (Å²) in [5.41, 5.74) is 1.15. The van der Waals surface area contributed by atoms with Crippen molar-refractivity contribution in [3.05, 3.63) is 64.2 Å². The zero-order chi connectivity index (χ0) is 20.2. The molecule has 0 saturated carbocycles. The van der Waals surface area contributed by atoms with Crippen molar-refractivity contribution in [3.63, 3.8) is 0 Å². The maximum Gasteiger partial charge on any atom is 0.416 e. The van der Waals surface area contributed by atoms with Crippen LogP contribution in [0.4, 0.5) is 23.7 Å². The Labute approximate surface area is 161 Å². The van der Waals surface area contributed by atoms with Gasteiger partial charge in [0.05, 0.1) is 22.3 Å². The first-order valence-corrected chi connectivity index (χ1v) is 9.03. The van der Waals surface area contributed by atoms with Gasteiger partial charge in [-0.05, 0) is 41.7 Å². The lowest BCUT2D eigenvalue weighted by atomic mass is 9.98. The molecule has 2 aromatic carbocycles. The average Bonchev–Trinajstić information content (AvgIpc) is 2.60. The summed E-state index contributed by atoms with van der Waals surface area (Å²) in [6.07, 6.45) is -3.88. The number of carbonyl (C=O) groups is 1. The fourth-order valence-electron chi connectivity index (χ4n) is 2.65. The highest BCUT2D eigenvalue weighted by Crippen LogP contribution is 2.33. The number of alkyl halides is 3. The lowest BCUT2D eigenvalue weighted by Gasteiger charge is -2.19. The SMILES string of the molecule is CC[C@@H](NC(=O)Nc1cc(C(F)(F)F)ccc1Cl)c1ccc(C(C)C)cc1. The topological polar surface area (TPSA) is 41.1 Å². The number of carbonyl (C=O) groups excluding carboxylic acids is 1. The Morgan fingerprint density at radius 2 is 1.67 bits per heavy atom. The van der Waals surface area contributed by atoms with Crippen LogP contribution >= 0.6 is 11.6 Å². The Balaban J connectivity index is 2.11. The van der Waals surface area contributed by atoms with Gasteiger partial charge in [-0.25, -0.2) is 4.79 Å². The summed E-state index contributed by atoms with van der Waals surface area (Å²) in [5, 5.41) is 5.22. The van der Waals surface area contributed by atoms with E-state index in [2.05, 4.69) is 24.5 Å². The molecule has 2 rings (SSSR count). The lowest BCUT2D eigenvalue weighted by molar-refractivity contribution is -0.137. The molecule has 3 nitrogen and oxygen atoms in total. The number of rotatable bonds is 5. The molecule has 146 valence electrons. The summed E-state index contributed by atoms with van der Waals surface area (Å²) >= 11 is 5.91. The molecular weight excluding hydrogens is 377 g/mol. The fourth-order valence-corrected chi connectivity index (χ4v) is 2.81. The number of nitrogens with one attached hydrogen (secondary N) is 2. The number of anilines is 1. The first kappa shape index (κ1) is 21.1. The van der Waals surface area contributed by atoms with Crippen LogP contribution in [0.2, 0.25) is 5.02 Å². The third kappa shape index (κ3) is 5.63. The number of benzene rings is 2. The van der Waals surface area contributed by atoms with Gasteiger partial charge in [0.15, 0.2) is 0 Å². The Morgan fingerprint density at radius 3 is 2.19 bits per heavy atom. The molecule has 1 atom stereocenters. The van der Waals surface area contributed by atoms with Gasteiger partial charge in [0.1, 0.15) is 0 Å². The van der Waals surface area contributed by atoms with Gasteiger partial charge in [-0.2, -0.15) is 13.2 Å². The van der Waals surface area contributed by atoms with Crippen LogP contribution in [-0.4, -0.2) is 6.03 Å². The van der Waals surface area contributed by atoms with Gasteiger partial charge in [0.2, 0.25) is 0 Å². The monoisotopic (exact) mass is 398 g/mol. The van der Waals surface area contributed by atoms with Crippen molar-refractivity contribution in [2.75, 3.05) is 5.32 Å². The van der Waals surface area contributed by atoms with Gasteiger partial charge in [0, 0.05) is 0 Å². The summed E-state index contributed by atoms with van der Waals surface area (Å²) in [5.74, 6) is 0.401. The van der Waals surface area contributed by atoms with Crippen LogP contribution in [0.5, 0.6) is 0 Å². The van der Waals surface area contributed by atoms with E-state index < -0.39 is 17.8 Å². The van der Waals surface area contributed by atoms with Crippen molar-refractivity contribution < 1.29 is 18.0 Å². The molecule has 7 heteroatoms. The molecule has 0 spiro atoms. The highest BCUT2D eigenvalue weighted by Gasteiger charge is 2.31. The predicted molar refractivity (Wildman–Crippen MR) is 102 cm³/mol. The predicted octanol–water partition coefficient (Wildman–Crippen LogP) is 6.76. The molecule has 0 bridgehead atoms. The molecule has 0 aliphatic carbocycles. The number of hydrogen-bond acceptors (Lipinski definition) is 1. The first-order chi connectivity index (χ1) is 12.6. The zero-order valence-corrected chi connectivity index (χ0v) is 16.1. The molecule has 27 heavy (non-hydrogen) atoms. The van der Waals surface area contributed by atoms with E-state index in [-0.39, 0.29) is 16.8 Å². The summed E-state index contributed by atoms with van der Waals surface area (Å²) in [6.45, 7) is 6.10. The number of halogens is 4. The van der Waals surface area contributed by atoms with E-state index in [1.165, 1.54) is 5.56 Å². The molecule has 0 aliphatic heterocycles. The van der Waals surface area contributed by atoms with Crippen LogP contribution in [0.25, 0.3) is 0 Å². The molecule has 0 saturated heterocycles. The van der Waals surface area contributed by atoms with Crippen LogP contribution < -0.4 is 10.6 Å². The second kappa shape index (κ2) is 8.65. The summed E-state index contributed by atoms with van der Waals surface area (Å²) in [7, 11) is 0. The highest BCUT2D eigenvalue weighted by molar-refractivity contribution is 6.33. The Bertz CT molecular complexity index is 789. The first-order valence-electron chi connectivity index (χ1n) is 8.66. The molecule has 0 radical (unpaired) electrons. The fraction of sp³-hybridized carbons (Fsp3) is 0.350. The molecule has 0 fully saturated rings. The molecule has 0 unspecified atom stereocenters.